The standard InChI is InChI=1S/C10H12N2/c1-4-8-6-7-10(11-3)12-9(8)5-2/h4-7H,1-2H2,3H3,(H,11,12). The molecule has 0 saturated heterocycles. The number of anilines is 1. The summed E-state index contributed by atoms with van der Waals surface area (Å²) in [6.45, 7) is 7.36. The van der Waals surface area contributed by atoms with Gasteiger partial charge in [0.05, 0.1) is 5.69 Å². The van der Waals surface area contributed by atoms with Crippen LogP contribution in [0.4, 0.5) is 5.82 Å². The van der Waals surface area contributed by atoms with Gasteiger partial charge in [-0.15, -0.1) is 0 Å². The van der Waals surface area contributed by atoms with Crippen LogP contribution in [-0.4, -0.2) is 12.0 Å². The SMILES string of the molecule is C=Cc1ccc(NC)nc1C=C. The molecule has 2 heteroatoms. The van der Waals surface area contributed by atoms with E-state index in [0.717, 1.165) is 17.1 Å². The third kappa shape index (κ3) is 1.53. The van der Waals surface area contributed by atoms with E-state index in [1.54, 1.807) is 12.2 Å². The maximum atomic E-state index is 4.28. The van der Waals surface area contributed by atoms with Gasteiger partial charge in [0, 0.05) is 7.05 Å². The maximum absolute atomic E-state index is 4.28. The summed E-state index contributed by atoms with van der Waals surface area (Å²) in [5.74, 6) is 0.843. The van der Waals surface area contributed by atoms with Gasteiger partial charge in [-0.05, 0) is 23.8 Å². The molecule has 0 bridgehead atoms. The van der Waals surface area contributed by atoms with E-state index >= 15 is 0 Å². The first-order chi connectivity index (χ1) is 5.81. The van der Waals surface area contributed by atoms with Crippen molar-refractivity contribution in [3.8, 4) is 0 Å². The molecule has 0 spiro atoms. The Morgan fingerprint density at radius 2 is 2.08 bits per heavy atom. The van der Waals surface area contributed by atoms with E-state index in [4.69, 9.17) is 0 Å². The van der Waals surface area contributed by atoms with Crippen molar-refractivity contribution in [2.24, 2.45) is 0 Å². The van der Waals surface area contributed by atoms with Crippen molar-refractivity contribution >= 4 is 18.0 Å². The summed E-state index contributed by atoms with van der Waals surface area (Å²) in [7, 11) is 1.84. The molecular weight excluding hydrogens is 148 g/mol. The largest absolute Gasteiger partial charge is 0.373 e. The molecule has 0 atom stereocenters. The van der Waals surface area contributed by atoms with Crippen molar-refractivity contribution in [3.63, 3.8) is 0 Å². The first kappa shape index (κ1) is 8.53. The average molecular weight is 160 g/mol. The van der Waals surface area contributed by atoms with E-state index in [-0.39, 0.29) is 0 Å². The lowest BCUT2D eigenvalue weighted by molar-refractivity contribution is 1.25. The van der Waals surface area contributed by atoms with E-state index < -0.39 is 0 Å². The molecule has 0 fully saturated rings. The predicted molar refractivity (Wildman–Crippen MR) is 54.0 cm³/mol. The fourth-order valence-electron chi connectivity index (χ4n) is 0.961. The van der Waals surface area contributed by atoms with Crippen LogP contribution in [0.5, 0.6) is 0 Å². The Hall–Kier alpha value is -1.57. The molecule has 12 heavy (non-hydrogen) atoms. The van der Waals surface area contributed by atoms with Gasteiger partial charge in [-0.3, -0.25) is 0 Å². The third-order valence-electron chi connectivity index (χ3n) is 1.63. The minimum absolute atomic E-state index is 0.843. The first-order valence-corrected chi connectivity index (χ1v) is 3.75. The quantitative estimate of drug-likeness (QED) is 0.734. The van der Waals surface area contributed by atoms with E-state index in [9.17, 15) is 0 Å². The molecular formula is C10H12N2. The molecule has 0 aliphatic carbocycles. The molecule has 62 valence electrons. The van der Waals surface area contributed by atoms with E-state index in [0.29, 0.717) is 0 Å². The Bertz CT molecular complexity index is 303. The molecule has 1 N–H and O–H groups in total. The summed E-state index contributed by atoms with van der Waals surface area (Å²) < 4.78 is 0. The molecule has 0 radical (unpaired) electrons. The molecule has 1 aromatic heterocycles. The van der Waals surface area contributed by atoms with Crippen LogP contribution in [0.1, 0.15) is 11.3 Å². The summed E-state index contributed by atoms with van der Waals surface area (Å²) in [5, 5.41) is 2.96. The van der Waals surface area contributed by atoms with Gasteiger partial charge < -0.3 is 5.32 Å². The van der Waals surface area contributed by atoms with Gasteiger partial charge >= 0.3 is 0 Å². The highest BCUT2D eigenvalue weighted by atomic mass is 15.0. The number of nitrogens with zero attached hydrogens (tertiary/aromatic N) is 1. The van der Waals surface area contributed by atoms with Crippen LogP contribution in [0, 0.1) is 0 Å². The van der Waals surface area contributed by atoms with Gasteiger partial charge in [0.25, 0.3) is 0 Å². The molecule has 2 nitrogen and oxygen atoms in total. The van der Waals surface area contributed by atoms with Crippen LogP contribution >= 0.6 is 0 Å². The molecule has 0 aromatic carbocycles. The minimum atomic E-state index is 0.843. The van der Waals surface area contributed by atoms with Crippen LogP contribution in [0.3, 0.4) is 0 Å². The monoisotopic (exact) mass is 160 g/mol. The number of pyridine rings is 1. The fourth-order valence-corrected chi connectivity index (χ4v) is 0.961. The van der Waals surface area contributed by atoms with Gasteiger partial charge in [-0.2, -0.15) is 0 Å². The van der Waals surface area contributed by atoms with Gasteiger partial charge in [0.1, 0.15) is 5.82 Å². The van der Waals surface area contributed by atoms with Crippen molar-refractivity contribution in [2.75, 3.05) is 12.4 Å². The lowest BCUT2D eigenvalue weighted by Gasteiger charge is -2.03. The molecule has 0 saturated carbocycles. The number of nitrogens with one attached hydrogen (secondary N) is 1. The summed E-state index contributed by atoms with van der Waals surface area (Å²) in [4.78, 5) is 4.28. The summed E-state index contributed by atoms with van der Waals surface area (Å²) in [5.41, 5.74) is 1.86. The summed E-state index contributed by atoms with van der Waals surface area (Å²) in [6.07, 6.45) is 3.49. The first-order valence-electron chi connectivity index (χ1n) is 3.75. The Morgan fingerprint density at radius 1 is 1.33 bits per heavy atom. The Balaban J connectivity index is 3.18. The second kappa shape index (κ2) is 3.72. The minimum Gasteiger partial charge on any atom is -0.373 e. The maximum Gasteiger partial charge on any atom is 0.126 e. The van der Waals surface area contributed by atoms with E-state index in [1.807, 2.05) is 19.2 Å². The Morgan fingerprint density at radius 3 is 2.58 bits per heavy atom. The highest BCUT2D eigenvalue weighted by Crippen LogP contribution is 2.12. The average Bonchev–Trinajstić information content (AvgIpc) is 2.16. The van der Waals surface area contributed by atoms with Crippen molar-refractivity contribution in [1.82, 2.24) is 4.98 Å². The highest BCUT2D eigenvalue weighted by Gasteiger charge is 1.97. The molecule has 1 rings (SSSR count). The normalized spacial score (nSPS) is 9.08. The molecule has 0 aliphatic heterocycles. The van der Waals surface area contributed by atoms with Gasteiger partial charge in [0.15, 0.2) is 0 Å². The molecule has 0 unspecified atom stereocenters. The van der Waals surface area contributed by atoms with Crippen LogP contribution in [0.25, 0.3) is 12.2 Å². The third-order valence-corrected chi connectivity index (χ3v) is 1.63. The number of aromatic nitrogens is 1. The zero-order valence-electron chi connectivity index (χ0n) is 7.17. The lowest BCUT2D eigenvalue weighted by Crippen LogP contribution is -1.94. The van der Waals surface area contributed by atoms with Gasteiger partial charge in [0.2, 0.25) is 0 Å². The highest BCUT2D eigenvalue weighted by molar-refractivity contribution is 5.62. The van der Waals surface area contributed by atoms with Crippen LogP contribution in [0.2, 0.25) is 0 Å². The van der Waals surface area contributed by atoms with Gasteiger partial charge in [-0.1, -0.05) is 19.2 Å². The van der Waals surface area contributed by atoms with Crippen LogP contribution in [-0.2, 0) is 0 Å². The van der Waals surface area contributed by atoms with Crippen molar-refractivity contribution in [2.45, 2.75) is 0 Å². The summed E-state index contributed by atoms with van der Waals surface area (Å²) in [6, 6.07) is 3.87. The van der Waals surface area contributed by atoms with Crippen LogP contribution in [0.15, 0.2) is 25.3 Å². The predicted octanol–water partition coefficient (Wildman–Crippen LogP) is 2.41. The Kier molecular flexibility index (Phi) is 2.64. The van der Waals surface area contributed by atoms with E-state index in [2.05, 4.69) is 23.5 Å². The molecule has 1 heterocycles. The van der Waals surface area contributed by atoms with Crippen molar-refractivity contribution in [3.05, 3.63) is 36.5 Å². The smallest absolute Gasteiger partial charge is 0.126 e. The van der Waals surface area contributed by atoms with Crippen molar-refractivity contribution < 1.29 is 0 Å². The van der Waals surface area contributed by atoms with Gasteiger partial charge in [-0.25, -0.2) is 4.98 Å². The molecule has 0 aliphatic rings. The second-order valence-corrected chi connectivity index (χ2v) is 2.33. The lowest BCUT2D eigenvalue weighted by atomic mass is 10.2. The Labute approximate surface area is 72.6 Å². The number of hydrogen-bond donors (Lipinski definition) is 1. The fraction of sp³-hybridized carbons (Fsp3) is 0.100. The zero-order valence-corrected chi connectivity index (χ0v) is 7.17. The topological polar surface area (TPSA) is 24.9 Å². The number of rotatable bonds is 3. The molecule has 1 aromatic rings. The van der Waals surface area contributed by atoms with Crippen LogP contribution < -0.4 is 5.32 Å². The molecule has 0 amide bonds. The number of hydrogen-bond acceptors (Lipinski definition) is 2. The summed E-state index contributed by atoms with van der Waals surface area (Å²) >= 11 is 0. The van der Waals surface area contributed by atoms with E-state index in [1.165, 1.54) is 0 Å². The second-order valence-electron chi connectivity index (χ2n) is 2.33. The van der Waals surface area contributed by atoms with Crippen molar-refractivity contribution in [1.29, 1.82) is 0 Å². The zero-order chi connectivity index (χ0) is 8.97.